The number of aromatic nitrogens is 2. The molecule has 0 radical (unpaired) electrons. The SMILES string of the molecule is Cc1ccc(-n2nc(C)c(CC(=O)NCc3ccc(NC(=O)C(C)C)cc3)c2C)cc1Cl. The van der Waals surface area contributed by atoms with Crippen LogP contribution in [0, 0.1) is 26.7 Å². The average molecular weight is 453 g/mol. The molecule has 32 heavy (non-hydrogen) atoms. The summed E-state index contributed by atoms with van der Waals surface area (Å²) in [5.74, 6) is -0.173. The first-order valence-electron chi connectivity index (χ1n) is 10.6. The summed E-state index contributed by atoms with van der Waals surface area (Å²) in [4.78, 5) is 24.4. The standard InChI is InChI=1S/C25H29ClN4O2/c1-15(2)25(32)28-20-9-7-19(8-10-20)14-27-24(31)13-22-17(4)29-30(18(22)5)21-11-6-16(3)23(26)12-21/h6-12,15H,13-14H2,1-5H3,(H,27,31)(H,28,32). The summed E-state index contributed by atoms with van der Waals surface area (Å²) in [6.45, 7) is 9.94. The van der Waals surface area contributed by atoms with E-state index in [1.54, 1.807) is 0 Å². The van der Waals surface area contributed by atoms with Crippen LogP contribution in [0.25, 0.3) is 5.69 Å². The number of hydrogen-bond donors (Lipinski definition) is 2. The van der Waals surface area contributed by atoms with Gasteiger partial charge in [-0.2, -0.15) is 5.10 Å². The molecule has 0 unspecified atom stereocenters. The van der Waals surface area contributed by atoms with Gasteiger partial charge in [-0.3, -0.25) is 9.59 Å². The smallest absolute Gasteiger partial charge is 0.226 e. The molecule has 168 valence electrons. The topological polar surface area (TPSA) is 76.0 Å². The van der Waals surface area contributed by atoms with Crippen LogP contribution in [0.2, 0.25) is 5.02 Å². The fourth-order valence-corrected chi connectivity index (χ4v) is 3.49. The molecule has 2 amide bonds. The summed E-state index contributed by atoms with van der Waals surface area (Å²) in [5.41, 5.74) is 6.23. The number of benzene rings is 2. The molecule has 0 spiro atoms. The molecule has 0 atom stereocenters. The van der Waals surface area contributed by atoms with Crippen molar-refractivity contribution in [3.05, 3.63) is 75.6 Å². The highest BCUT2D eigenvalue weighted by atomic mass is 35.5. The van der Waals surface area contributed by atoms with Crippen LogP contribution in [0.15, 0.2) is 42.5 Å². The second-order valence-corrected chi connectivity index (χ2v) is 8.70. The summed E-state index contributed by atoms with van der Waals surface area (Å²) in [7, 11) is 0. The number of amides is 2. The number of nitrogens with one attached hydrogen (secondary N) is 2. The summed E-state index contributed by atoms with van der Waals surface area (Å²) >= 11 is 6.27. The molecular weight excluding hydrogens is 424 g/mol. The van der Waals surface area contributed by atoms with Crippen molar-refractivity contribution in [2.24, 2.45) is 5.92 Å². The van der Waals surface area contributed by atoms with Crippen molar-refractivity contribution in [1.29, 1.82) is 0 Å². The number of carbonyl (C=O) groups excluding carboxylic acids is 2. The lowest BCUT2D eigenvalue weighted by molar-refractivity contribution is -0.120. The molecule has 2 N–H and O–H groups in total. The van der Waals surface area contributed by atoms with Gasteiger partial charge < -0.3 is 10.6 Å². The average Bonchev–Trinajstić information content (AvgIpc) is 3.03. The van der Waals surface area contributed by atoms with Crippen LogP contribution in [0.3, 0.4) is 0 Å². The molecule has 2 aromatic carbocycles. The summed E-state index contributed by atoms with van der Waals surface area (Å²) in [6, 6.07) is 13.3. The van der Waals surface area contributed by atoms with E-state index in [0.29, 0.717) is 11.6 Å². The van der Waals surface area contributed by atoms with Gasteiger partial charge in [0.2, 0.25) is 11.8 Å². The summed E-state index contributed by atoms with van der Waals surface area (Å²) < 4.78 is 1.83. The molecule has 1 aromatic heterocycles. The molecule has 0 saturated carbocycles. The Hall–Kier alpha value is -3.12. The Morgan fingerprint density at radius 1 is 1.06 bits per heavy atom. The lowest BCUT2D eigenvalue weighted by atomic mass is 10.1. The van der Waals surface area contributed by atoms with Gasteiger partial charge in [0.25, 0.3) is 0 Å². The second-order valence-electron chi connectivity index (χ2n) is 8.29. The maximum Gasteiger partial charge on any atom is 0.226 e. The number of aryl methyl sites for hydroxylation is 2. The van der Waals surface area contributed by atoms with E-state index < -0.39 is 0 Å². The van der Waals surface area contributed by atoms with Crippen LogP contribution in [0.1, 0.15) is 41.9 Å². The van der Waals surface area contributed by atoms with Gasteiger partial charge in [0.05, 0.1) is 17.8 Å². The van der Waals surface area contributed by atoms with Crippen LogP contribution >= 0.6 is 11.6 Å². The van der Waals surface area contributed by atoms with Crippen molar-refractivity contribution in [2.45, 2.75) is 47.6 Å². The second kappa shape index (κ2) is 10.0. The predicted octanol–water partition coefficient (Wildman–Crippen LogP) is 4.90. The first-order chi connectivity index (χ1) is 15.2. The molecule has 7 heteroatoms. The maximum absolute atomic E-state index is 12.6. The highest BCUT2D eigenvalue weighted by molar-refractivity contribution is 6.31. The van der Waals surface area contributed by atoms with Crippen LogP contribution in [-0.4, -0.2) is 21.6 Å². The van der Waals surface area contributed by atoms with Gasteiger partial charge in [-0.1, -0.05) is 43.6 Å². The zero-order valence-corrected chi connectivity index (χ0v) is 19.9. The minimum absolute atomic E-state index is 0.0229. The van der Waals surface area contributed by atoms with Crippen molar-refractivity contribution in [2.75, 3.05) is 5.32 Å². The van der Waals surface area contributed by atoms with Crippen molar-refractivity contribution >= 4 is 29.1 Å². The van der Waals surface area contributed by atoms with Crippen LogP contribution in [0.4, 0.5) is 5.69 Å². The number of halogens is 1. The molecule has 0 fully saturated rings. The quantitative estimate of drug-likeness (QED) is 0.535. The number of rotatable bonds is 7. The third kappa shape index (κ3) is 5.56. The highest BCUT2D eigenvalue weighted by Crippen LogP contribution is 2.23. The van der Waals surface area contributed by atoms with E-state index in [-0.39, 0.29) is 24.2 Å². The molecular formula is C25H29ClN4O2. The number of hydrogen-bond acceptors (Lipinski definition) is 3. The van der Waals surface area contributed by atoms with Crippen molar-refractivity contribution in [1.82, 2.24) is 15.1 Å². The largest absolute Gasteiger partial charge is 0.352 e. The lowest BCUT2D eigenvalue weighted by Crippen LogP contribution is -2.25. The Kier molecular flexibility index (Phi) is 7.36. The van der Waals surface area contributed by atoms with E-state index in [2.05, 4.69) is 15.7 Å². The molecule has 0 saturated heterocycles. The first-order valence-corrected chi connectivity index (χ1v) is 11.0. The molecule has 0 aliphatic rings. The van der Waals surface area contributed by atoms with Gasteiger partial charge in [-0.25, -0.2) is 4.68 Å². The van der Waals surface area contributed by atoms with E-state index >= 15 is 0 Å². The van der Waals surface area contributed by atoms with E-state index in [1.807, 2.05) is 81.8 Å². The number of anilines is 1. The number of carbonyl (C=O) groups is 2. The van der Waals surface area contributed by atoms with Crippen LogP contribution < -0.4 is 10.6 Å². The first kappa shape index (κ1) is 23.5. The Bertz CT molecular complexity index is 1130. The third-order valence-corrected chi connectivity index (χ3v) is 5.82. The number of nitrogens with zero attached hydrogens (tertiary/aromatic N) is 2. The normalized spacial score (nSPS) is 11.0. The molecule has 0 bridgehead atoms. The molecule has 6 nitrogen and oxygen atoms in total. The minimum Gasteiger partial charge on any atom is -0.352 e. The van der Waals surface area contributed by atoms with E-state index in [1.165, 1.54) is 0 Å². The van der Waals surface area contributed by atoms with Gasteiger partial charge in [0.1, 0.15) is 0 Å². The summed E-state index contributed by atoms with van der Waals surface area (Å²) in [5, 5.41) is 11.1. The Labute approximate surface area is 194 Å². The minimum atomic E-state index is -0.0757. The zero-order chi connectivity index (χ0) is 23.4. The Morgan fingerprint density at radius 3 is 2.38 bits per heavy atom. The maximum atomic E-state index is 12.6. The van der Waals surface area contributed by atoms with Crippen LogP contribution in [0.5, 0.6) is 0 Å². The zero-order valence-electron chi connectivity index (χ0n) is 19.1. The van der Waals surface area contributed by atoms with Crippen LogP contribution in [-0.2, 0) is 22.6 Å². The fourth-order valence-electron chi connectivity index (χ4n) is 3.31. The van der Waals surface area contributed by atoms with Gasteiger partial charge in [-0.15, -0.1) is 0 Å². The van der Waals surface area contributed by atoms with Gasteiger partial charge >= 0.3 is 0 Å². The van der Waals surface area contributed by atoms with Gasteiger partial charge in [0.15, 0.2) is 0 Å². The third-order valence-electron chi connectivity index (χ3n) is 5.41. The van der Waals surface area contributed by atoms with Gasteiger partial charge in [0, 0.05) is 34.4 Å². The van der Waals surface area contributed by atoms with E-state index in [9.17, 15) is 9.59 Å². The van der Waals surface area contributed by atoms with Crippen molar-refractivity contribution in [3.63, 3.8) is 0 Å². The molecule has 3 rings (SSSR count). The molecule has 0 aliphatic heterocycles. The summed E-state index contributed by atoms with van der Waals surface area (Å²) in [6.07, 6.45) is 0.250. The molecule has 1 heterocycles. The van der Waals surface area contributed by atoms with Crippen molar-refractivity contribution in [3.8, 4) is 5.69 Å². The predicted molar refractivity (Wildman–Crippen MR) is 128 cm³/mol. The Balaban J connectivity index is 1.62. The lowest BCUT2D eigenvalue weighted by Gasteiger charge is -2.10. The van der Waals surface area contributed by atoms with E-state index in [4.69, 9.17) is 11.6 Å². The fraction of sp³-hybridized carbons (Fsp3) is 0.320. The monoisotopic (exact) mass is 452 g/mol. The Morgan fingerprint density at radius 2 is 1.75 bits per heavy atom. The molecule has 0 aliphatic carbocycles. The van der Waals surface area contributed by atoms with E-state index in [0.717, 1.165) is 39.5 Å². The van der Waals surface area contributed by atoms with Gasteiger partial charge in [-0.05, 0) is 56.2 Å². The van der Waals surface area contributed by atoms with Crippen molar-refractivity contribution < 1.29 is 9.59 Å². The highest BCUT2D eigenvalue weighted by Gasteiger charge is 2.16. The molecule has 3 aromatic rings.